The number of ketones is 1. The first-order valence-corrected chi connectivity index (χ1v) is 20.2. The molecular weight excluding hydrogens is 642 g/mol. The molecule has 0 radical (unpaired) electrons. The van der Waals surface area contributed by atoms with Gasteiger partial charge in [-0.3, -0.25) is 4.79 Å². The van der Waals surface area contributed by atoms with E-state index < -0.39 is 23.2 Å². The summed E-state index contributed by atoms with van der Waals surface area (Å²) in [6, 6.07) is 7.49. The minimum atomic E-state index is -0.888. The van der Waals surface area contributed by atoms with Crippen molar-refractivity contribution in [2.45, 2.75) is 152 Å². The van der Waals surface area contributed by atoms with Gasteiger partial charge in [0, 0.05) is 23.4 Å². The number of aliphatic hydroxyl groups is 1. The van der Waals surface area contributed by atoms with Crippen molar-refractivity contribution in [2.24, 2.45) is 56.7 Å². The second-order valence-corrected chi connectivity index (χ2v) is 20.6. The maximum atomic E-state index is 14.2. The van der Waals surface area contributed by atoms with E-state index >= 15 is 0 Å². The first-order valence-electron chi connectivity index (χ1n) is 19.8. The second kappa shape index (κ2) is 12.6. The Bertz CT molecular complexity index is 1520. The molecule has 0 aliphatic heterocycles. The lowest BCUT2D eigenvalue weighted by molar-refractivity contribution is -0.222. The summed E-state index contributed by atoms with van der Waals surface area (Å²) in [5, 5.41) is 13.2. The topological polar surface area (TPSA) is 66.8 Å². The number of amides is 1. The van der Waals surface area contributed by atoms with Crippen LogP contribution in [-0.2, 0) is 16.1 Å². The maximum Gasteiger partial charge on any atom is 0.410 e. The summed E-state index contributed by atoms with van der Waals surface area (Å²) < 4.78 is 5.89. The summed E-state index contributed by atoms with van der Waals surface area (Å²) in [7, 11) is 0. The van der Waals surface area contributed by atoms with E-state index in [4.69, 9.17) is 16.3 Å². The molecule has 0 bridgehead atoms. The molecule has 0 saturated heterocycles. The van der Waals surface area contributed by atoms with Gasteiger partial charge < -0.3 is 14.7 Å². The number of hydrogen-bond acceptors (Lipinski definition) is 4. The number of Topliss-reactive ketones (excluding diaryl/α,β-unsaturated/α-hetero) is 1. The van der Waals surface area contributed by atoms with E-state index in [-0.39, 0.29) is 35.0 Å². The molecule has 50 heavy (non-hydrogen) atoms. The molecule has 1 aromatic carbocycles. The predicted octanol–water partition coefficient (Wildman–Crippen LogP) is 11.1. The molecule has 0 heterocycles. The molecule has 4 fully saturated rings. The van der Waals surface area contributed by atoms with E-state index in [1.807, 2.05) is 45.0 Å². The number of carbonyl (C=O) groups excluding carboxylic acids is 2. The minimum Gasteiger partial charge on any atom is -0.444 e. The number of aliphatic hydroxyl groups excluding tert-OH is 1. The highest BCUT2D eigenvalue weighted by Gasteiger charge is 2.70. The monoisotopic (exact) mass is 707 g/mol. The Morgan fingerprint density at radius 1 is 0.940 bits per heavy atom. The number of ether oxygens (including phenoxy) is 1. The van der Waals surface area contributed by atoms with Crippen molar-refractivity contribution in [1.29, 1.82) is 0 Å². The van der Waals surface area contributed by atoms with Crippen LogP contribution in [0.25, 0.3) is 0 Å². The van der Waals surface area contributed by atoms with Crippen LogP contribution >= 0.6 is 11.6 Å². The molecule has 5 aliphatic rings. The van der Waals surface area contributed by atoms with Crippen LogP contribution in [0.1, 0.15) is 140 Å². The number of nitrogens with zero attached hydrogens (tertiary/aromatic N) is 1. The van der Waals surface area contributed by atoms with Gasteiger partial charge in [-0.15, -0.1) is 0 Å². The van der Waals surface area contributed by atoms with Gasteiger partial charge in [0.15, 0.2) is 5.78 Å². The molecule has 6 rings (SSSR count). The molecular formula is C44H66ClNO4. The van der Waals surface area contributed by atoms with Crippen molar-refractivity contribution in [3.05, 3.63) is 46.0 Å². The number of halogens is 1. The van der Waals surface area contributed by atoms with Crippen LogP contribution in [0.5, 0.6) is 0 Å². The SMILES string of the molecule is CC(C)C1=C2[C@H]3CC[C@@H]4[C@@]5(C)CC[C@H](C)C(C)(C)[C@@H]5CC[C@@]4(C)[C@]3(C)CC[C@@]2(C(O)CN(Cc2ccc(Cl)cc2)C(=O)OC(C)(C)C)CC1=O. The first kappa shape index (κ1) is 37.9. The molecule has 1 aromatic rings. The van der Waals surface area contributed by atoms with Gasteiger partial charge in [0.25, 0.3) is 0 Å². The zero-order valence-electron chi connectivity index (χ0n) is 33.0. The highest BCUT2D eigenvalue weighted by Crippen LogP contribution is 2.77. The van der Waals surface area contributed by atoms with Gasteiger partial charge in [0.05, 0.1) is 12.6 Å². The molecule has 278 valence electrons. The molecule has 6 heteroatoms. The number of benzene rings is 1. The second-order valence-electron chi connectivity index (χ2n) is 20.1. The zero-order valence-corrected chi connectivity index (χ0v) is 33.8. The van der Waals surface area contributed by atoms with E-state index in [1.54, 1.807) is 4.90 Å². The van der Waals surface area contributed by atoms with Gasteiger partial charge in [0.1, 0.15) is 5.60 Å². The number of allylic oxidation sites excluding steroid dienone is 1. The summed E-state index contributed by atoms with van der Waals surface area (Å²) in [5.41, 5.74) is 2.64. The van der Waals surface area contributed by atoms with Crippen LogP contribution in [0.2, 0.25) is 5.02 Å². The van der Waals surface area contributed by atoms with Crippen molar-refractivity contribution in [3.63, 3.8) is 0 Å². The maximum absolute atomic E-state index is 14.2. The number of rotatable bonds is 6. The lowest BCUT2D eigenvalue weighted by Gasteiger charge is -2.72. The highest BCUT2D eigenvalue weighted by molar-refractivity contribution is 6.30. The third-order valence-electron chi connectivity index (χ3n) is 16.0. The summed E-state index contributed by atoms with van der Waals surface area (Å²) in [6.07, 6.45) is 8.16. The molecule has 4 saturated carbocycles. The summed E-state index contributed by atoms with van der Waals surface area (Å²) >= 11 is 6.19. The molecule has 0 aromatic heterocycles. The summed E-state index contributed by atoms with van der Waals surface area (Å²) in [5.74, 6) is 2.67. The average Bonchev–Trinajstić information content (AvgIpc) is 3.33. The molecule has 1 amide bonds. The summed E-state index contributed by atoms with van der Waals surface area (Å²) in [6.45, 7) is 25.7. The smallest absolute Gasteiger partial charge is 0.410 e. The Balaban J connectivity index is 1.37. The Labute approximate surface area is 308 Å². The third kappa shape index (κ3) is 5.82. The predicted molar refractivity (Wildman–Crippen MR) is 203 cm³/mol. The molecule has 1 N–H and O–H groups in total. The number of carbonyl (C=O) groups is 2. The normalized spacial score (nSPS) is 38.6. The Morgan fingerprint density at radius 2 is 1.60 bits per heavy atom. The van der Waals surface area contributed by atoms with Crippen LogP contribution in [-0.4, -0.2) is 40.1 Å². The first-order chi connectivity index (χ1) is 23.1. The van der Waals surface area contributed by atoms with Crippen molar-refractivity contribution in [2.75, 3.05) is 6.54 Å². The standard InChI is InChI=1S/C44H66ClNO4/c1-27(2)36-32(47)24-44(35(48)26-46(38(49)50-39(4,5)6)25-29-12-14-30(45)15-13-29)23-22-42(10)31(37(36)44)16-17-34-41(9)20-18-28(3)40(7,8)33(41)19-21-43(34,42)11/h12-15,27-28,31,33-35,48H,16-26H2,1-11H3/t28-,31+,33-,34+,35?,41-,42+,43+,44-/m0/s1. The van der Waals surface area contributed by atoms with Crippen molar-refractivity contribution < 1.29 is 19.4 Å². The lowest BCUT2D eigenvalue weighted by atomic mass is 9.32. The van der Waals surface area contributed by atoms with E-state index in [0.717, 1.165) is 42.2 Å². The molecule has 5 nitrogen and oxygen atoms in total. The van der Waals surface area contributed by atoms with Crippen LogP contribution in [0.15, 0.2) is 35.4 Å². The number of fused-ring (bicyclic) bond motifs is 7. The molecule has 1 unspecified atom stereocenters. The molecule has 0 spiro atoms. The third-order valence-corrected chi connectivity index (χ3v) is 16.3. The van der Waals surface area contributed by atoms with E-state index in [1.165, 1.54) is 37.7 Å². The van der Waals surface area contributed by atoms with Crippen LogP contribution in [0.4, 0.5) is 4.79 Å². The van der Waals surface area contributed by atoms with Gasteiger partial charge in [-0.25, -0.2) is 4.79 Å². The van der Waals surface area contributed by atoms with Gasteiger partial charge in [-0.2, -0.15) is 0 Å². The fourth-order valence-corrected chi connectivity index (χ4v) is 13.1. The van der Waals surface area contributed by atoms with E-state index in [2.05, 4.69) is 55.4 Å². The number of hydrogen-bond donors (Lipinski definition) is 1. The average molecular weight is 708 g/mol. The largest absolute Gasteiger partial charge is 0.444 e. The van der Waals surface area contributed by atoms with Crippen LogP contribution < -0.4 is 0 Å². The minimum absolute atomic E-state index is 0.0363. The lowest BCUT2D eigenvalue weighted by Crippen LogP contribution is -2.65. The van der Waals surface area contributed by atoms with Gasteiger partial charge in [-0.05, 0) is 147 Å². The Morgan fingerprint density at radius 3 is 2.22 bits per heavy atom. The van der Waals surface area contributed by atoms with Gasteiger partial charge in [0.2, 0.25) is 0 Å². The van der Waals surface area contributed by atoms with Gasteiger partial charge >= 0.3 is 6.09 Å². The van der Waals surface area contributed by atoms with Crippen molar-refractivity contribution in [1.82, 2.24) is 4.90 Å². The fourth-order valence-electron chi connectivity index (χ4n) is 13.0. The van der Waals surface area contributed by atoms with Crippen LogP contribution in [0.3, 0.4) is 0 Å². The Kier molecular flexibility index (Phi) is 9.58. The highest BCUT2D eigenvalue weighted by atomic mass is 35.5. The van der Waals surface area contributed by atoms with E-state index in [9.17, 15) is 14.7 Å². The molecule has 5 aliphatic carbocycles. The van der Waals surface area contributed by atoms with Crippen molar-refractivity contribution in [3.8, 4) is 0 Å². The zero-order chi connectivity index (χ0) is 36.8. The fraction of sp³-hybridized carbons (Fsp3) is 0.773. The Hall–Kier alpha value is -1.85. The van der Waals surface area contributed by atoms with Crippen molar-refractivity contribution >= 4 is 23.5 Å². The van der Waals surface area contributed by atoms with Gasteiger partial charge in [-0.1, -0.05) is 84.7 Å². The molecule has 9 atom stereocenters. The quantitative estimate of drug-likeness (QED) is 0.320. The van der Waals surface area contributed by atoms with E-state index in [0.29, 0.717) is 34.7 Å². The summed E-state index contributed by atoms with van der Waals surface area (Å²) in [4.78, 5) is 29.6. The van der Waals surface area contributed by atoms with Crippen LogP contribution in [0, 0.1) is 56.7 Å².